The highest BCUT2D eigenvalue weighted by Gasteiger charge is 2.19. The lowest BCUT2D eigenvalue weighted by Gasteiger charge is -2.05. The zero-order valence-corrected chi connectivity index (χ0v) is 9.07. The molecule has 0 amide bonds. The largest absolute Gasteiger partial charge is 0.282 e. The van der Waals surface area contributed by atoms with E-state index in [1.54, 1.807) is 0 Å². The third-order valence-electron chi connectivity index (χ3n) is 2.78. The van der Waals surface area contributed by atoms with Gasteiger partial charge in [0.1, 0.15) is 0 Å². The molecule has 5 nitrogen and oxygen atoms in total. The Labute approximate surface area is 93.7 Å². The predicted molar refractivity (Wildman–Crippen MR) is 62.0 cm³/mol. The number of nitrogens with one attached hydrogen (secondary N) is 2. The Morgan fingerprint density at radius 2 is 2.06 bits per heavy atom. The van der Waals surface area contributed by atoms with E-state index in [1.165, 1.54) is 0 Å². The maximum absolute atomic E-state index is 4.49. The van der Waals surface area contributed by atoms with Gasteiger partial charge in [0.2, 0.25) is 0 Å². The zero-order valence-electron chi connectivity index (χ0n) is 9.07. The van der Waals surface area contributed by atoms with Crippen LogP contribution in [0.2, 0.25) is 0 Å². The molecule has 0 unspecified atom stereocenters. The summed E-state index contributed by atoms with van der Waals surface area (Å²) in [5.41, 5.74) is 3.11. The lowest BCUT2D eigenvalue weighted by atomic mass is 10.1. The molecule has 2 aliphatic heterocycles. The number of hydrogen-bond donors (Lipinski definition) is 2. The number of amidine groups is 1. The first-order valence-electron chi connectivity index (χ1n) is 5.41. The second-order valence-corrected chi connectivity index (χ2v) is 3.93. The molecular formula is C11H13N5. The number of fused-ring (bicyclic) bond motifs is 1. The van der Waals surface area contributed by atoms with Crippen LogP contribution in [0.25, 0.3) is 0 Å². The van der Waals surface area contributed by atoms with Crippen LogP contribution in [0.4, 0.5) is 5.69 Å². The van der Waals surface area contributed by atoms with Crippen molar-refractivity contribution in [2.75, 3.05) is 13.1 Å². The van der Waals surface area contributed by atoms with Crippen molar-refractivity contribution in [2.45, 2.75) is 13.2 Å². The van der Waals surface area contributed by atoms with Gasteiger partial charge in [-0.15, -0.1) is 10.2 Å². The Kier molecular flexibility index (Phi) is 2.27. The molecule has 2 heterocycles. The molecule has 3 rings (SSSR count). The van der Waals surface area contributed by atoms with E-state index < -0.39 is 0 Å². The summed E-state index contributed by atoms with van der Waals surface area (Å²) in [6.07, 6.45) is -0.0274. The standard InChI is InChI=1S/C11H13N5/c1-7-3-2-4-8-9(7)15-16-10(8)14-11-12-5-6-13-11/h2-4,11-13H,5-6H2,1H3. The highest BCUT2D eigenvalue weighted by Crippen LogP contribution is 2.30. The van der Waals surface area contributed by atoms with Crippen LogP contribution >= 0.6 is 0 Å². The van der Waals surface area contributed by atoms with Crippen LogP contribution in [-0.2, 0) is 0 Å². The monoisotopic (exact) mass is 215 g/mol. The Balaban J connectivity index is 1.96. The van der Waals surface area contributed by atoms with Crippen molar-refractivity contribution < 1.29 is 0 Å². The van der Waals surface area contributed by atoms with Gasteiger partial charge in [0, 0.05) is 18.7 Å². The molecule has 2 N–H and O–H groups in total. The lowest BCUT2D eigenvalue weighted by Crippen LogP contribution is -2.29. The lowest BCUT2D eigenvalue weighted by molar-refractivity contribution is 0.580. The van der Waals surface area contributed by atoms with Gasteiger partial charge in [-0.2, -0.15) is 0 Å². The number of rotatable bonds is 1. The summed E-state index contributed by atoms with van der Waals surface area (Å²) in [6.45, 7) is 3.92. The number of aryl methyl sites for hydroxylation is 1. The summed E-state index contributed by atoms with van der Waals surface area (Å²) in [5, 5.41) is 14.7. The minimum Gasteiger partial charge on any atom is -0.282 e. The zero-order chi connectivity index (χ0) is 11.0. The average molecular weight is 215 g/mol. The molecule has 0 atom stereocenters. The molecule has 0 bridgehead atoms. The summed E-state index contributed by atoms with van der Waals surface area (Å²) in [6, 6.07) is 6.05. The fraction of sp³-hybridized carbons (Fsp3) is 0.364. The topological polar surface area (TPSA) is 61.1 Å². The molecular weight excluding hydrogens is 202 g/mol. The normalized spacial score (nSPS) is 21.9. The van der Waals surface area contributed by atoms with Crippen molar-refractivity contribution in [2.24, 2.45) is 15.2 Å². The summed E-state index contributed by atoms with van der Waals surface area (Å²) in [4.78, 5) is 4.49. The van der Waals surface area contributed by atoms with Gasteiger partial charge >= 0.3 is 0 Å². The fourth-order valence-corrected chi connectivity index (χ4v) is 1.92. The number of azo groups is 1. The van der Waals surface area contributed by atoms with Gasteiger partial charge in [-0.25, -0.2) is 4.99 Å². The van der Waals surface area contributed by atoms with Crippen LogP contribution in [-0.4, -0.2) is 25.2 Å². The summed E-state index contributed by atoms with van der Waals surface area (Å²) in [5.74, 6) is 0.714. The third kappa shape index (κ3) is 1.54. The highest BCUT2D eigenvalue weighted by molar-refractivity contribution is 6.06. The van der Waals surface area contributed by atoms with E-state index in [2.05, 4.69) is 25.9 Å². The molecule has 1 aromatic rings. The van der Waals surface area contributed by atoms with Crippen LogP contribution in [0, 0.1) is 6.92 Å². The number of nitrogens with zero attached hydrogens (tertiary/aromatic N) is 3. The maximum atomic E-state index is 4.49. The van der Waals surface area contributed by atoms with Crippen LogP contribution in [0.3, 0.4) is 0 Å². The molecule has 0 aliphatic carbocycles. The van der Waals surface area contributed by atoms with Crippen LogP contribution < -0.4 is 10.6 Å². The number of hydrogen-bond acceptors (Lipinski definition) is 4. The van der Waals surface area contributed by atoms with Gasteiger partial charge in [0.15, 0.2) is 12.1 Å². The van der Waals surface area contributed by atoms with Crippen LogP contribution in [0.15, 0.2) is 33.4 Å². The van der Waals surface area contributed by atoms with E-state index in [0.717, 1.165) is 29.9 Å². The summed E-state index contributed by atoms with van der Waals surface area (Å²) < 4.78 is 0. The Morgan fingerprint density at radius 3 is 2.88 bits per heavy atom. The maximum Gasteiger partial charge on any atom is 0.182 e. The van der Waals surface area contributed by atoms with E-state index in [-0.39, 0.29) is 6.29 Å². The van der Waals surface area contributed by atoms with Gasteiger partial charge in [-0.3, -0.25) is 10.6 Å². The van der Waals surface area contributed by atoms with E-state index in [9.17, 15) is 0 Å². The molecule has 1 aromatic carbocycles. The molecule has 16 heavy (non-hydrogen) atoms. The average Bonchev–Trinajstić information content (AvgIpc) is 2.90. The second kappa shape index (κ2) is 3.77. The first-order valence-corrected chi connectivity index (χ1v) is 5.41. The Bertz CT molecular complexity index is 471. The quantitative estimate of drug-likeness (QED) is 0.742. The number of benzene rings is 1. The predicted octanol–water partition coefficient (Wildman–Crippen LogP) is 1.32. The van der Waals surface area contributed by atoms with E-state index >= 15 is 0 Å². The Morgan fingerprint density at radius 1 is 1.25 bits per heavy atom. The van der Waals surface area contributed by atoms with E-state index in [1.807, 2.05) is 25.1 Å². The highest BCUT2D eigenvalue weighted by atomic mass is 15.3. The smallest absolute Gasteiger partial charge is 0.182 e. The van der Waals surface area contributed by atoms with Gasteiger partial charge in [0.05, 0.1) is 5.69 Å². The molecule has 5 heteroatoms. The SMILES string of the molecule is Cc1cccc2c1N=NC2=NC1NCCN1. The molecule has 0 radical (unpaired) electrons. The van der Waals surface area contributed by atoms with Crippen molar-refractivity contribution in [1.29, 1.82) is 0 Å². The second-order valence-electron chi connectivity index (χ2n) is 3.93. The van der Waals surface area contributed by atoms with Gasteiger partial charge in [-0.1, -0.05) is 12.1 Å². The van der Waals surface area contributed by atoms with E-state index in [0.29, 0.717) is 5.84 Å². The van der Waals surface area contributed by atoms with Gasteiger partial charge in [0.25, 0.3) is 0 Å². The first kappa shape index (κ1) is 9.62. The van der Waals surface area contributed by atoms with Crippen molar-refractivity contribution in [1.82, 2.24) is 10.6 Å². The molecule has 1 fully saturated rings. The minimum atomic E-state index is -0.0274. The Hall–Kier alpha value is -1.59. The van der Waals surface area contributed by atoms with Crippen molar-refractivity contribution >= 4 is 11.5 Å². The van der Waals surface area contributed by atoms with E-state index in [4.69, 9.17) is 0 Å². The summed E-state index contributed by atoms with van der Waals surface area (Å²) in [7, 11) is 0. The third-order valence-corrected chi connectivity index (χ3v) is 2.78. The molecule has 2 aliphatic rings. The van der Waals surface area contributed by atoms with Crippen LogP contribution in [0.1, 0.15) is 11.1 Å². The molecule has 0 saturated carbocycles. The summed E-state index contributed by atoms with van der Waals surface area (Å²) >= 11 is 0. The molecule has 0 aromatic heterocycles. The van der Waals surface area contributed by atoms with Crippen molar-refractivity contribution in [3.63, 3.8) is 0 Å². The molecule has 82 valence electrons. The van der Waals surface area contributed by atoms with Gasteiger partial charge in [-0.05, 0) is 18.6 Å². The van der Waals surface area contributed by atoms with Crippen molar-refractivity contribution in [3.05, 3.63) is 29.3 Å². The molecule has 1 saturated heterocycles. The minimum absolute atomic E-state index is 0.0274. The number of aliphatic imine (C=N–C) groups is 1. The fourth-order valence-electron chi connectivity index (χ4n) is 1.92. The molecule has 0 spiro atoms. The first-order chi connectivity index (χ1) is 7.84. The van der Waals surface area contributed by atoms with Crippen LogP contribution in [0.5, 0.6) is 0 Å². The van der Waals surface area contributed by atoms with Crippen molar-refractivity contribution in [3.8, 4) is 0 Å². The van der Waals surface area contributed by atoms with Gasteiger partial charge < -0.3 is 0 Å².